The van der Waals surface area contributed by atoms with E-state index in [0.29, 0.717) is 0 Å². The molecular formula is C12H28O3Si. The lowest BCUT2D eigenvalue weighted by Crippen LogP contribution is -2.02. The molecule has 0 saturated carbocycles. The third-order valence-electron chi connectivity index (χ3n) is 1.78. The lowest BCUT2D eigenvalue weighted by atomic mass is 10.1. The highest BCUT2D eigenvalue weighted by Crippen LogP contribution is 2.02. The van der Waals surface area contributed by atoms with Crippen LogP contribution in [-0.2, 0) is 13.6 Å². The van der Waals surface area contributed by atoms with Gasteiger partial charge < -0.3 is 13.6 Å². The van der Waals surface area contributed by atoms with Gasteiger partial charge in [0, 0.05) is 26.9 Å². The highest BCUT2D eigenvalue weighted by atomic mass is 28.3. The van der Waals surface area contributed by atoms with Crippen LogP contribution in [0.25, 0.3) is 0 Å². The fraction of sp³-hybridized carbons (Fsp3) is 0.833. The topological polar surface area (TPSA) is 27.7 Å². The van der Waals surface area contributed by atoms with E-state index in [1.54, 1.807) is 7.11 Å². The van der Waals surface area contributed by atoms with Crippen LogP contribution in [0.2, 0.25) is 0 Å². The maximum absolute atomic E-state index is 4.99. The minimum absolute atomic E-state index is 0.589. The van der Waals surface area contributed by atoms with Gasteiger partial charge in [0.2, 0.25) is 0 Å². The van der Waals surface area contributed by atoms with Crippen LogP contribution in [0.4, 0.5) is 0 Å². The molecule has 16 heavy (non-hydrogen) atoms. The molecule has 0 fully saturated rings. The summed E-state index contributed by atoms with van der Waals surface area (Å²) in [7, 11) is 1.15. The molecular weight excluding hydrogens is 220 g/mol. The van der Waals surface area contributed by atoms with Crippen molar-refractivity contribution in [3.8, 4) is 0 Å². The predicted molar refractivity (Wildman–Crippen MR) is 72.3 cm³/mol. The quantitative estimate of drug-likeness (QED) is 0.356. The van der Waals surface area contributed by atoms with E-state index in [2.05, 4.69) is 13.5 Å². The van der Waals surface area contributed by atoms with E-state index in [1.807, 2.05) is 13.8 Å². The number of hydrogen-bond donors (Lipinski definition) is 0. The van der Waals surface area contributed by atoms with Gasteiger partial charge >= 0.3 is 10.0 Å². The first-order chi connectivity index (χ1) is 7.68. The average molecular weight is 248 g/mol. The molecule has 0 unspecified atom stereocenters. The Balaban J connectivity index is 0. The molecule has 0 aromatic heterocycles. The molecule has 0 N–H and O–H groups in total. The predicted octanol–water partition coefficient (Wildman–Crippen LogP) is 2.44. The highest BCUT2D eigenvalue weighted by Gasteiger charge is 1.86. The first-order valence-electron chi connectivity index (χ1n) is 5.97. The molecule has 0 atom stereocenters. The van der Waals surface area contributed by atoms with Gasteiger partial charge in [0.05, 0.1) is 0 Å². The summed E-state index contributed by atoms with van der Waals surface area (Å²) in [6.45, 7) is 12.3. The van der Waals surface area contributed by atoms with Crippen molar-refractivity contribution in [3.63, 3.8) is 0 Å². The molecule has 0 aromatic rings. The van der Waals surface area contributed by atoms with E-state index >= 15 is 0 Å². The normalized spacial score (nSPS) is 9.50. The summed E-state index contributed by atoms with van der Waals surface area (Å²) in [5, 5.41) is 0. The lowest BCUT2D eigenvalue weighted by Gasteiger charge is -1.97. The van der Waals surface area contributed by atoms with E-state index in [9.17, 15) is 0 Å². The summed E-state index contributed by atoms with van der Waals surface area (Å²) < 4.78 is 14.9. The molecule has 0 aromatic carbocycles. The Kier molecular flexibility index (Phi) is 19.6. The second-order valence-corrected chi connectivity index (χ2v) is 4.56. The van der Waals surface area contributed by atoms with Crippen molar-refractivity contribution in [3.05, 3.63) is 12.2 Å². The summed E-state index contributed by atoms with van der Waals surface area (Å²) in [5.74, 6) is 0. The van der Waals surface area contributed by atoms with Gasteiger partial charge in [0.25, 0.3) is 0 Å². The zero-order chi connectivity index (χ0) is 12.6. The third kappa shape index (κ3) is 23.6. The smallest absolute Gasteiger partial charge is 0.304 e. The number of allylic oxidation sites excluding steroid dienone is 1. The molecule has 3 nitrogen and oxygen atoms in total. The number of rotatable bonds is 9. The molecule has 0 heterocycles. The van der Waals surface area contributed by atoms with Crippen molar-refractivity contribution in [2.75, 3.05) is 26.9 Å². The molecule has 0 aliphatic carbocycles. The molecule has 0 bridgehead atoms. The number of methoxy groups -OCH3 is 1. The monoisotopic (exact) mass is 248 g/mol. The summed E-state index contributed by atoms with van der Waals surface area (Å²) in [6, 6.07) is 0. The van der Waals surface area contributed by atoms with Crippen LogP contribution in [0.1, 0.15) is 40.0 Å². The molecule has 0 radical (unpaired) electrons. The minimum atomic E-state index is -0.589. The molecule has 0 aliphatic heterocycles. The van der Waals surface area contributed by atoms with Crippen molar-refractivity contribution in [2.45, 2.75) is 40.0 Å². The van der Waals surface area contributed by atoms with Gasteiger partial charge in [-0.15, -0.1) is 6.58 Å². The Labute approximate surface area is 103 Å². The number of unbranched alkanes of at least 4 members (excludes halogenated alkanes) is 1. The number of hydrogen-bond acceptors (Lipinski definition) is 3. The van der Waals surface area contributed by atoms with E-state index < -0.39 is 10.0 Å². The van der Waals surface area contributed by atoms with Crippen LogP contribution in [0.3, 0.4) is 0 Å². The fourth-order valence-corrected chi connectivity index (χ4v) is 1.35. The van der Waals surface area contributed by atoms with E-state index in [4.69, 9.17) is 13.6 Å². The zero-order valence-corrected chi connectivity index (χ0v) is 12.8. The number of ether oxygens (including phenoxy) is 1. The van der Waals surface area contributed by atoms with Crippen molar-refractivity contribution < 1.29 is 13.6 Å². The molecule has 98 valence electrons. The van der Waals surface area contributed by atoms with Gasteiger partial charge in [-0.05, 0) is 40.0 Å². The van der Waals surface area contributed by atoms with Crippen LogP contribution in [0, 0.1) is 0 Å². The second kappa shape index (κ2) is 17.2. The van der Waals surface area contributed by atoms with Crippen LogP contribution >= 0.6 is 0 Å². The van der Waals surface area contributed by atoms with Gasteiger partial charge in [-0.25, -0.2) is 0 Å². The van der Waals surface area contributed by atoms with E-state index in [-0.39, 0.29) is 0 Å². The van der Waals surface area contributed by atoms with Gasteiger partial charge in [-0.1, -0.05) is 5.57 Å². The van der Waals surface area contributed by atoms with Gasteiger partial charge in [-0.2, -0.15) is 0 Å². The average Bonchev–Trinajstić information content (AvgIpc) is 2.26. The highest BCUT2D eigenvalue weighted by molar-refractivity contribution is 6.17. The first-order valence-corrected chi connectivity index (χ1v) is 7.13. The fourth-order valence-electron chi connectivity index (χ4n) is 0.899. The Morgan fingerprint density at radius 1 is 1.12 bits per heavy atom. The zero-order valence-electron chi connectivity index (χ0n) is 11.4. The molecule has 4 heteroatoms. The van der Waals surface area contributed by atoms with Crippen molar-refractivity contribution in [1.29, 1.82) is 0 Å². The van der Waals surface area contributed by atoms with Gasteiger partial charge in [0.1, 0.15) is 0 Å². The van der Waals surface area contributed by atoms with E-state index in [0.717, 1.165) is 32.7 Å². The summed E-state index contributed by atoms with van der Waals surface area (Å²) in [4.78, 5) is 0. The summed E-state index contributed by atoms with van der Waals surface area (Å²) in [6.07, 6.45) is 3.51. The summed E-state index contributed by atoms with van der Waals surface area (Å²) in [5.41, 5.74) is 1.27. The Hall–Kier alpha value is -0.163. The largest absolute Gasteiger partial charge is 0.399 e. The molecule has 0 amide bonds. The van der Waals surface area contributed by atoms with Crippen molar-refractivity contribution in [1.82, 2.24) is 0 Å². The summed E-state index contributed by atoms with van der Waals surface area (Å²) >= 11 is 0. The molecule has 0 saturated heterocycles. The lowest BCUT2D eigenvalue weighted by molar-refractivity contribution is 0.193. The molecule has 0 rings (SSSR count). The Morgan fingerprint density at radius 2 is 1.69 bits per heavy atom. The minimum Gasteiger partial charge on any atom is -0.399 e. The first kappa shape index (κ1) is 18.2. The van der Waals surface area contributed by atoms with E-state index in [1.165, 1.54) is 12.0 Å². The van der Waals surface area contributed by atoms with Crippen LogP contribution in [0.5, 0.6) is 0 Å². The second-order valence-electron chi connectivity index (χ2n) is 3.51. The molecule has 0 spiro atoms. The van der Waals surface area contributed by atoms with Gasteiger partial charge in [0.15, 0.2) is 0 Å². The Morgan fingerprint density at radius 3 is 2.06 bits per heavy atom. The Bertz CT molecular complexity index is 136. The van der Waals surface area contributed by atoms with Gasteiger partial charge in [-0.3, -0.25) is 0 Å². The SMILES string of the molecule is C=C(C)CCCCOC.CCO[SiH2]OCC. The maximum atomic E-state index is 4.99. The standard InChI is InChI=1S/C8H16O.C4H12O2Si/c1-8(2)6-4-5-7-9-3;1-3-5-7-6-4-2/h1,4-7H2,2-3H3;3-4,7H2,1-2H3. The van der Waals surface area contributed by atoms with Crippen LogP contribution in [-0.4, -0.2) is 36.9 Å². The molecule has 0 aliphatic rings. The maximum Gasteiger partial charge on any atom is 0.304 e. The third-order valence-corrected chi connectivity index (χ3v) is 2.93. The van der Waals surface area contributed by atoms with Crippen LogP contribution < -0.4 is 0 Å². The van der Waals surface area contributed by atoms with Crippen LogP contribution in [0.15, 0.2) is 12.2 Å². The van der Waals surface area contributed by atoms with Crippen molar-refractivity contribution >= 4 is 10.0 Å². The van der Waals surface area contributed by atoms with Crippen molar-refractivity contribution in [2.24, 2.45) is 0 Å².